The summed E-state index contributed by atoms with van der Waals surface area (Å²) in [5, 5.41) is 11.3. The number of aromatic nitrogens is 2. The Bertz CT molecular complexity index is 707. The fourth-order valence-corrected chi connectivity index (χ4v) is 2.66. The van der Waals surface area contributed by atoms with Gasteiger partial charge in [0.05, 0.1) is 11.8 Å². The van der Waals surface area contributed by atoms with Crippen LogP contribution in [0, 0.1) is 5.82 Å². The molecule has 0 aliphatic rings. The highest BCUT2D eigenvalue weighted by atomic mass is 32.1. The number of rotatable bonds is 4. The van der Waals surface area contributed by atoms with Gasteiger partial charge in [-0.25, -0.2) is 9.37 Å². The Morgan fingerprint density at radius 1 is 1.50 bits per heavy atom. The summed E-state index contributed by atoms with van der Waals surface area (Å²) in [5.74, 6) is -0.0495. The van der Waals surface area contributed by atoms with E-state index in [4.69, 9.17) is 4.74 Å². The molecule has 2 aromatic heterocycles. The third-order valence-electron chi connectivity index (χ3n) is 2.95. The average Bonchev–Trinajstić information content (AvgIpc) is 2.96. The molecular weight excluding hydrogens is 279 g/mol. The Labute approximate surface area is 119 Å². The number of hydrogen-bond acceptors (Lipinski definition) is 4. The molecule has 0 amide bonds. The quantitative estimate of drug-likeness (QED) is 0.803. The van der Waals surface area contributed by atoms with Gasteiger partial charge < -0.3 is 9.84 Å². The van der Waals surface area contributed by atoms with Crippen molar-refractivity contribution in [3.05, 3.63) is 53.0 Å². The lowest BCUT2D eigenvalue weighted by Gasteiger charge is -2.09. The summed E-state index contributed by atoms with van der Waals surface area (Å²) in [5.41, 5.74) is 1.05. The van der Waals surface area contributed by atoms with E-state index in [0.29, 0.717) is 5.75 Å². The predicted octanol–water partition coefficient (Wildman–Crippen LogP) is 3.17. The van der Waals surface area contributed by atoms with E-state index in [9.17, 15) is 9.50 Å². The second-order valence-electron chi connectivity index (χ2n) is 4.47. The highest BCUT2D eigenvalue weighted by Crippen LogP contribution is 2.22. The normalized spacial score (nSPS) is 12.8. The van der Waals surface area contributed by atoms with Crippen LogP contribution in [0.15, 0.2) is 36.0 Å². The third-order valence-corrected chi connectivity index (χ3v) is 3.72. The van der Waals surface area contributed by atoms with Gasteiger partial charge in [-0.2, -0.15) is 0 Å². The van der Waals surface area contributed by atoms with Gasteiger partial charge in [-0.1, -0.05) is 0 Å². The number of aliphatic hydroxyl groups is 1. The van der Waals surface area contributed by atoms with Crippen LogP contribution in [0.1, 0.15) is 24.3 Å². The van der Waals surface area contributed by atoms with Crippen molar-refractivity contribution in [2.24, 2.45) is 0 Å². The zero-order chi connectivity index (χ0) is 14.1. The van der Waals surface area contributed by atoms with E-state index >= 15 is 0 Å². The number of thiazole rings is 1. The van der Waals surface area contributed by atoms with Crippen molar-refractivity contribution in [2.75, 3.05) is 0 Å². The Morgan fingerprint density at radius 2 is 2.35 bits per heavy atom. The smallest absolute Gasteiger partial charge is 0.193 e. The van der Waals surface area contributed by atoms with Gasteiger partial charge in [0.2, 0.25) is 0 Å². The topological polar surface area (TPSA) is 46.8 Å². The van der Waals surface area contributed by atoms with Crippen molar-refractivity contribution < 1.29 is 14.2 Å². The number of halogens is 1. The number of benzene rings is 1. The monoisotopic (exact) mass is 292 g/mol. The molecule has 0 fully saturated rings. The van der Waals surface area contributed by atoms with Gasteiger partial charge in [0.25, 0.3) is 0 Å². The largest absolute Gasteiger partial charge is 0.487 e. The highest BCUT2D eigenvalue weighted by molar-refractivity contribution is 7.15. The van der Waals surface area contributed by atoms with E-state index in [1.54, 1.807) is 17.4 Å². The number of aliphatic hydroxyl groups excluding tert-OH is 1. The molecule has 0 saturated carbocycles. The first kappa shape index (κ1) is 13.1. The van der Waals surface area contributed by atoms with Gasteiger partial charge in [-0.3, -0.25) is 4.40 Å². The molecule has 20 heavy (non-hydrogen) atoms. The molecule has 1 atom stereocenters. The zero-order valence-corrected chi connectivity index (χ0v) is 11.6. The maximum Gasteiger partial charge on any atom is 0.193 e. The summed E-state index contributed by atoms with van der Waals surface area (Å²) in [7, 11) is 0. The second-order valence-corrected chi connectivity index (χ2v) is 5.35. The molecule has 104 valence electrons. The van der Waals surface area contributed by atoms with Crippen LogP contribution >= 0.6 is 11.3 Å². The maximum absolute atomic E-state index is 13.7. The highest BCUT2D eigenvalue weighted by Gasteiger charge is 2.09. The molecule has 0 spiro atoms. The molecule has 4 nitrogen and oxygen atoms in total. The van der Waals surface area contributed by atoms with Gasteiger partial charge >= 0.3 is 0 Å². The lowest BCUT2D eigenvalue weighted by molar-refractivity contribution is 0.193. The minimum Gasteiger partial charge on any atom is -0.487 e. The number of fused-ring (bicyclic) bond motifs is 1. The maximum atomic E-state index is 13.7. The molecule has 0 aliphatic carbocycles. The summed E-state index contributed by atoms with van der Waals surface area (Å²) < 4.78 is 21.1. The van der Waals surface area contributed by atoms with Crippen molar-refractivity contribution >= 4 is 16.3 Å². The molecule has 3 aromatic rings. The molecule has 0 unspecified atom stereocenters. The fourth-order valence-electron chi connectivity index (χ4n) is 1.94. The van der Waals surface area contributed by atoms with Crippen molar-refractivity contribution in [3.8, 4) is 5.75 Å². The van der Waals surface area contributed by atoms with Gasteiger partial charge in [0.1, 0.15) is 18.2 Å². The van der Waals surface area contributed by atoms with Crippen molar-refractivity contribution in [1.82, 2.24) is 9.38 Å². The summed E-state index contributed by atoms with van der Waals surface area (Å²) >= 11 is 1.55. The van der Waals surface area contributed by atoms with Crippen molar-refractivity contribution in [2.45, 2.75) is 19.6 Å². The summed E-state index contributed by atoms with van der Waals surface area (Å²) in [6.07, 6.45) is 2.98. The molecule has 0 saturated heterocycles. The molecule has 0 radical (unpaired) electrons. The molecule has 1 N–H and O–H groups in total. The first-order chi connectivity index (χ1) is 9.63. The van der Waals surface area contributed by atoms with Crippen LogP contribution in [-0.2, 0) is 6.61 Å². The van der Waals surface area contributed by atoms with Crippen LogP contribution in [0.25, 0.3) is 4.96 Å². The SMILES string of the molecule is C[C@@H](O)c1ccc(OCc2cn3ccsc3n2)cc1F. The second kappa shape index (κ2) is 5.22. The van der Waals surface area contributed by atoms with Gasteiger partial charge in [0.15, 0.2) is 4.96 Å². The van der Waals surface area contributed by atoms with Gasteiger partial charge in [-0.05, 0) is 19.1 Å². The summed E-state index contributed by atoms with van der Waals surface area (Å²) in [6.45, 7) is 1.80. The van der Waals surface area contributed by atoms with Crippen LogP contribution in [0.3, 0.4) is 0 Å². The van der Waals surface area contributed by atoms with E-state index in [1.165, 1.54) is 19.1 Å². The first-order valence-corrected chi connectivity index (χ1v) is 7.03. The number of imidazole rings is 1. The fraction of sp³-hybridized carbons (Fsp3) is 0.214. The molecule has 0 aliphatic heterocycles. The van der Waals surface area contributed by atoms with Gasteiger partial charge in [0, 0.05) is 29.4 Å². The van der Waals surface area contributed by atoms with Gasteiger partial charge in [-0.15, -0.1) is 11.3 Å². The summed E-state index contributed by atoms with van der Waals surface area (Å²) in [6, 6.07) is 4.45. The third kappa shape index (κ3) is 2.52. The van der Waals surface area contributed by atoms with E-state index in [-0.39, 0.29) is 12.2 Å². The lowest BCUT2D eigenvalue weighted by atomic mass is 10.1. The van der Waals surface area contributed by atoms with E-state index in [1.807, 2.05) is 22.2 Å². The lowest BCUT2D eigenvalue weighted by Crippen LogP contribution is -1.99. The Morgan fingerprint density at radius 3 is 3.05 bits per heavy atom. The van der Waals surface area contributed by atoms with Crippen LogP contribution in [-0.4, -0.2) is 14.5 Å². The molecular formula is C14H13FN2O2S. The first-order valence-electron chi connectivity index (χ1n) is 6.15. The number of nitrogens with zero attached hydrogens (tertiary/aromatic N) is 2. The average molecular weight is 292 g/mol. The Hall–Kier alpha value is -1.92. The van der Waals surface area contributed by atoms with E-state index < -0.39 is 11.9 Å². The Kier molecular flexibility index (Phi) is 3.42. The number of ether oxygens (including phenoxy) is 1. The van der Waals surface area contributed by atoms with Crippen molar-refractivity contribution in [3.63, 3.8) is 0 Å². The minimum atomic E-state index is -0.830. The van der Waals surface area contributed by atoms with Crippen molar-refractivity contribution in [1.29, 1.82) is 0 Å². The summed E-state index contributed by atoms with van der Waals surface area (Å²) in [4.78, 5) is 5.28. The van der Waals surface area contributed by atoms with Crippen LogP contribution in [0.2, 0.25) is 0 Å². The van der Waals surface area contributed by atoms with Crippen LogP contribution < -0.4 is 4.74 Å². The van der Waals surface area contributed by atoms with Crippen LogP contribution in [0.5, 0.6) is 5.75 Å². The minimum absolute atomic E-state index is 0.264. The predicted molar refractivity (Wildman–Crippen MR) is 74.4 cm³/mol. The van der Waals surface area contributed by atoms with E-state index in [0.717, 1.165) is 10.7 Å². The zero-order valence-electron chi connectivity index (χ0n) is 10.8. The molecule has 3 rings (SSSR count). The molecule has 2 heterocycles. The molecule has 1 aromatic carbocycles. The Balaban J connectivity index is 1.72. The van der Waals surface area contributed by atoms with Crippen LogP contribution in [0.4, 0.5) is 4.39 Å². The molecule has 0 bridgehead atoms. The van der Waals surface area contributed by atoms with E-state index in [2.05, 4.69) is 4.98 Å². The molecule has 6 heteroatoms. The standard InChI is InChI=1S/C14H13FN2O2S/c1-9(18)12-3-2-11(6-13(12)15)19-8-10-7-17-4-5-20-14(17)16-10/h2-7,9,18H,8H2,1H3/t9-/m1/s1. The number of hydrogen-bond donors (Lipinski definition) is 1.